The van der Waals surface area contributed by atoms with E-state index >= 15 is 0 Å². The molecule has 1 saturated heterocycles. The third kappa shape index (κ3) is 4.61. The smallest absolute Gasteiger partial charge is 0.237 e. The highest BCUT2D eigenvalue weighted by Gasteiger charge is 2.22. The lowest BCUT2D eigenvalue weighted by Gasteiger charge is -2.26. The van der Waals surface area contributed by atoms with E-state index < -0.39 is 10.8 Å². The fraction of sp³-hybridized carbons (Fsp3) is 0.909. The van der Waals surface area contributed by atoms with E-state index in [1.807, 2.05) is 20.8 Å². The molecule has 1 heterocycles. The van der Waals surface area contributed by atoms with E-state index in [1.54, 1.807) is 0 Å². The molecule has 2 N–H and O–H groups in total. The normalized spacial score (nSPS) is 27.8. The topological polar surface area (TPSA) is 58.2 Å². The molecule has 0 radical (unpaired) electrons. The van der Waals surface area contributed by atoms with Crippen molar-refractivity contribution >= 4 is 16.7 Å². The predicted molar refractivity (Wildman–Crippen MR) is 66.8 cm³/mol. The maximum absolute atomic E-state index is 11.7. The molecular formula is C11H22N2O2S. The molecule has 5 heteroatoms. The zero-order valence-electron chi connectivity index (χ0n) is 10.3. The van der Waals surface area contributed by atoms with Gasteiger partial charge in [-0.2, -0.15) is 0 Å². The van der Waals surface area contributed by atoms with Crippen molar-refractivity contribution in [2.24, 2.45) is 0 Å². The minimum atomic E-state index is -0.636. The summed E-state index contributed by atoms with van der Waals surface area (Å²) in [6.45, 7) is 5.78. The second-order valence-electron chi connectivity index (χ2n) is 4.67. The number of carbonyl (C=O) groups excluding carboxylic acids is 1. The summed E-state index contributed by atoms with van der Waals surface area (Å²) in [5.41, 5.74) is 0. The molecule has 0 aromatic heterocycles. The summed E-state index contributed by atoms with van der Waals surface area (Å²) < 4.78 is 11.2. The molecule has 0 aromatic rings. The summed E-state index contributed by atoms with van der Waals surface area (Å²) in [7, 11) is -0.636. The Hall–Kier alpha value is -0.420. The van der Waals surface area contributed by atoms with Crippen LogP contribution in [0.5, 0.6) is 0 Å². The molecule has 1 amide bonds. The van der Waals surface area contributed by atoms with Crippen molar-refractivity contribution in [3.05, 3.63) is 0 Å². The summed E-state index contributed by atoms with van der Waals surface area (Å²) in [6.07, 6.45) is 1.82. The van der Waals surface area contributed by atoms with E-state index in [0.717, 1.165) is 24.3 Å². The maximum Gasteiger partial charge on any atom is 0.237 e. The molecule has 1 aliphatic heterocycles. The fourth-order valence-corrected chi connectivity index (χ4v) is 3.10. The highest BCUT2D eigenvalue weighted by atomic mass is 32.2. The van der Waals surface area contributed by atoms with Gasteiger partial charge < -0.3 is 10.6 Å². The van der Waals surface area contributed by atoms with Crippen LogP contribution in [0.15, 0.2) is 0 Å². The average Bonchev–Trinajstić information content (AvgIpc) is 2.20. The molecule has 94 valence electrons. The minimum Gasteiger partial charge on any atom is -0.353 e. The minimum absolute atomic E-state index is 0.0432. The third-order valence-electron chi connectivity index (χ3n) is 2.70. The van der Waals surface area contributed by atoms with Crippen LogP contribution in [0.1, 0.15) is 33.6 Å². The zero-order chi connectivity index (χ0) is 12.1. The van der Waals surface area contributed by atoms with Crippen LogP contribution in [0.2, 0.25) is 0 Å². The number of amides is 1. The van der Waals surface area contributed by atoms with E-state index in [-0.39, 0.29) is 18.0 Å². The van der Waals surface area contributed by atoms with Crippen LogP contribution in [0, 0.1) is 0 Å². The number of hydrogen-bond acceptors (Lipinski definition) is 3. The Morgan fingerprint density at radius 1 is 1.25 bits per heavy atom. The molecule has 1 rings (SSSR count). The molecule has 4 nitrogen and oxygen atoms in total. The van der Waals surface area contributed by atoms with Crippen LogP contribution >= 0.6 is 0 Å². The lowest BCUT2D eigenvalue weighted by atomic mass is 10.1. The maximum atomic E-state index is 11.7. The lowest BCUT2D eigenvalue weighted by Crippen LogP contribution is -2.49. The van der Waals surface area contributed by atoms with Crippen LogP contribution in [0.25, 0.3) is 0 Å². The number of hydrogen-bond donors (Lipinski definition) is 2. The fourth-order valence-electron chi connectivity index (χ4n) is 1.80. The van der Waals surface area contributed by atoms with E-state index in [1.165, 1.54) is 0 Å². The third-order valence-corrected chi connectivity index (χ3v) is 4.08. The first kappa shape index (κ1) is 13.6. The second kappa shape index (κ2) is 6.35. The molecule has 0 aliphatic carbocycles. The van der Waals surface area contributed by atoms with Gasteiger partial charge >= 0.3 is 0 Å². The van der Waals surface area contributed by atoms with Gasteiger partial charge in [-0.3, -0.25) is 9.00 Å². The van der Waals surface area contributed by atoms with Gasteiger partial charge in [-0.25, -0.2) is 0 Å². The molecule has 0 spiro atoms. The van der Waals surface area contributed by atoms with E-state index in [9.17, 15) is 9.00 Å². The van der Waals surface area contributed by atoms with Gasteiger partial charge in [0.15, 0.2) is 0 Å². The first-order valence-electron chi connectivity index (χ1n) is 5.90. The van der Waals surface area contributed by atoms with Crippen molar-refractivity contribution in [1.29, 1.82) is 0 Å². The quantitative estimate of drug-likeness (QED) is 0.755. The van der Waals surface area contributed by atoms with Crippen molar-refractivity contribution in [2.75, 3.05) is 11.5 Å². The molecule has 0 aromatic carbocycles. The first-order valence-corrected chi connectivity index (χ1v) is 7.39. The molecule has 0 bridgehead atoms. The van der Waals surface area contributed by atoms with Crippen LogP contribution < -0.4 is 10.6 Å². The number of rotatable bonds is 4. The van der Waals surface area contributed by atoms with Gasteiger partial charge in [-0.1, -0.05) is 0 Å². The highest BCUT2D eigenvalue weighted by Crippen LogP contribution is 2.09. The monoisotopic (exact) mass is 246 g/mol. The second-order valence-corrected chi connectivity index (χ2v) is 6.37. The van der Waals surface area contributed by atoms with Gasteiger partial charge in [0.2, 0.25) is 5.91 Å². The van der Waals surface area contributed by atoms with Gasteiger partial charge in [-0.15, -0.1) is 0 Å². The summed E-state index contributed by atoms with van der Waals surface area (Å²) in [5, 5.41) is 6.18. The number of nitrogens with one attached hydrogen (secondary N) is 2. The van der Waals surface area contributed by atoms with E-state index in [2.05, 4.69) is 10.6 Å². The number of carbonyl (C=O) groups is 1. The zero-order valence-corrected chi connectivity index (χ0v) is 11.1. The molecule has 1 aliphatic rings. The van der Waals surface area contributed by atoms with E-state index in [0.29, 0.717) is 6.04 Å². The Bertz CT molecular complexity index is 259. The molecule has 1 atom stereocenters. The van der Waals surface area contributed by atoms with Crippen molar-refractivity contribution < 1.29 is 9.00 Å². The van der Waals surface area contributed by atoms with Gasteiger partial charge in [0.25, 0.3) is 0 Å². The Kier molecular flexibility index (Phi) is 5.41. The van der Waals surface area contributed by atoms with Crippen molar-refractivity contribution in [3.8, 4) is 0 Å². The molecule has 16 heavy (non-hydrogen) atoms. The standard InChI is InChI=1S/C11H22N2O2S/c1-8(2)12-11(14)9(3)13-10-4-6-16(15)7-5-10/h8-10,13H,4-7H2,1-3H3,(H,12,14). The van der Waals surface area contributed by atoms with Crippen LogP contribution in [0.4, 0.5) is 0 Å². The molecule has 1 fully saturated rings. The largest absolute Gasteiger partial charge is 0.353 e. The van der Waals surface area contributed by atoms with Crippen molar-refractivity contribution in [1.82, 2.24) is 10.6 Å². The van der Waals surface area contributed by atoms with Crippen LogP contribution in [0.3, 0.4) is 0 Å². The molecule has 1 unspecified atom stereocenters. The van der Waals surface area contributed by atoms with Gasteiger partial charge in [0, 0.05) is 34.4 Å². The molecule has 0 saturated carbocycles. The summed E-state index contributed by atoms with van der Waals surface area (Å²) in [5.74, 6) is 1.56. The van der Waals surface area contributed by atoms with E-state index in [4.69, 9.17) is 0 Å². The van der Waals surface area contributed by atoms with Gasteiger partial charge in [-0.05, 0) is 33.6 Å². The average molecular weight is 246 g/mol. The summed E-state index contributed by atoms with van der Waals surface area (Å²) in [4.78, 5) is 11.7. The lowest BCUT2D eigenvalue weighted by molar-refractivity contribution is -0.123. The summed E-state index contributed by atoms with van der Waals surface area (Å²) in [6, 6.07) is 0.347. The Morgan fingerprint density at radius 2 is 1.81 bits per heavy atom. The van der Waals surface area contributed by atoms with Gasteiger partial charge in [0.05, 0.1) is 6.04 Å². The first-order chi connectivity index (χ1) is 7.49. The van der Waals surface area contributed by atoms with Crippen LogP contribution in [-0.4, -0.2) is 39.7 Å². The Labute approximate surface area is 100 Å². The Balaban J connectivity index is 2.30. The molecular weight excluding hydrogens is 224 g/mol. The highest BCUT2D eigenvalue weighted by molar-refractivity contribution is 7.85. The summed E-state index contributed by atoms with van der Waals surface area (Å²) >= 11 is 0. The van der Waals surface area contributed by atoms with Crippen molar-refractivity contribution in [3.63, 3.8) is 0 Å². The van der Waals surface area contributed by atoms with Crippen LogP contribution in [-0.2, 0) is 15.6 Å². The predicted octanol–water partition coefficient (Wildman–Crippen LogP) is 0.400. The van der Waals surface area contributed by atoms with Gasteiger partial charge in [0.1, 0.15) is 0 Å². The Morgan fingerprint density at radius 3 is 2.31 bits per heavy atom. The SMILES string of the molecule is CC(C)NC(=O)C(C)NC1CCS(=O)CC1. The van der Waals surface area contributed by atoms with Crippen molar-refractivity contribution in [2.45, 2.75) is 51.7 Å².